The zero-order chi connectivity index (χ0) is 59.0. The number of ketones is 1. The van der Waals surface area contributed by atoms with E-state index < -0.39 is 6.04 Å². The van der Waals surface area contributed by atoms with Crippen LogP contribution in [-0.4, -0.2) is 134 Å². The lowest BCUT2D eigenvalue weighted by Gasteiger charge is -2.33. The normalized spacial score (nSPS) is 16.8. The molecule has 15 heteroatoms. The number of nitrogens with one attached hydrogen (secondary N) is 4. The van der Waals surface area contributed by atoms with Crippen molar-refractivity contribution in [2.24, 2.45) is 10.8 Å². The van der Waals surface area contributed by atoms with E-state index >= 15 is 0 Å². The Balaban J connectivity index is 1.79. The van der Waals surface area contributed by atoms with Crippen LogP contribution < -0.4 is 21.3 Å². The summed E-state index contributed by atoms with van der Waals surface area (Å²) < 4.78 is 32.9. The maximum atomic E-state index is 13.5. The highest BCUT2D eigenvalue weighted by atomic mass is 16.6. The molecule has 0 aliphatic heterocycles. The van der Waals surface area contributed by atoms with Crippen molar-refractivity contribution in [3.05, 3.63) is 117 Å². The van der Waals surface area contributed by atoms with Crippen LogP contribution in [0.3, 0.4) is 0 Å². The summed E-state index contributed by atoms with van der Waals surface area (Å²) in [6.07, 6.45) is 33.0. The minimum Gasteiger partial charge on any atom is -0.379 e. The molecule has 1 atom stereocenters. The number of allylic oxidation sites excluding steroid dienone is 18. The summed E-state index contributed by atoms with van der Waals surface area (Å²) in [6.45, 7) is 28.4. The van der Waals surface area contributed by atoms with Crippen LogP contribution in [0.25, 0.3) is 0 Å². The Morgan fingerprint density at radius 2 is 0.938 bits per heavy atom. The van der Waals surface area contributed by atoms with Crippen molar-refractivity contribution < 1.29 is 52.4 Å². The van der Waals surface area contributed by atoms with Crippen LogP contribution in [-0.2, 0) is 52.4 Å². The molecule has 0 aromatic heterocycles. The van der Waals surface area contributed by atoms with Crippen molar-refractivity contribution >= 4 is 29.4 Å². The standard InChI is InChI=1S/C65H102N4O11/c1-50(25-27-57-54(5)22-16-31-64(57,8)9)18-14-20-52(3)48-61(72)66-33-13-12-24-59(69-62(73)49-53(4)21-15-19-51(2)26-28-58-55(6)23-17-32-65(58,10)11)63(74)68-35-39-78-43-42-77-38-34-67-60(71)30-37-76-41-45-80-47-46-79-44-40-75-36-29-56(7)70/h14-15,18-21,25-28,48-49,59H,12-13,16-17,22-24,29-47H2,1-11H3,(H,66,72)(H,67,71)(H,68,74)(H,69,73)/b20-14+,21-15+,27-25+,28-26+,50-18+,51-19+,52-48+,53-49+/t59-/m0/s1. The second-order valence-electron chi connectivity index (χ2n) is 22.2. The molecule has 2 aliphatic rings. The lowest BCUT2D eigenvalue weighted by Crippen LogP contribution is -2.47. The fourth-order valence-corrected chi connectivity index (χ4v) is 9.18. The first-order valence-corrected chi connectivity index (χ1v) is 29.1. The van der Waals surface area contributed by atoms with Gasteiger partial charge in [0.25, 0.3) is 0 Å². The van der Waals surface area contributed by atoms with E-state index in [-0.39, 0.29) is 66.4 Å². The third kappa shape index (κ3) is 34.1. The molecule has 0 heterocycles. The first-order chi connectivity index (χ1) is 38.2. The highest BCUT2D eigenvalue weighted by Gasteiger charge is 2.27. The number of hydrogen-bond donors (Lipinski definition) is 4. The number of amides is 4. The number of rotatable bonds is 41. The van der Waals surface area contributed by atoms with Gasteiger partial charge in [0.1, 0.15) is 11.8 Å². The smallest absolute Gasteiger partial charge is 0.244 e. The summed E-state index contributed by atoms with van der Waals surface area (Å²) in [4.78, 5) is 62.5. The zero-order valence-corrected chi connectivity index (χ0v) is 50.9. The summed E-state index contributed by atoms with van der Waals surface area (Å²) >= 11 is 0. The number of ether oxygens (including phenoxy) is 6. The van der Waals surface area contributed by atoms with Gasteiger partial charge in [0.2, 0.25) is 23.6 Å². The van der Waals surface area contributed by atoms with Crippen LogP contribution in [0, 0.1) is 10.8 Å². The van der Waals surface area contributed by atoms with E-state index in [1.165, 1.54) is 61.0 Å². The van der Waals surface area contributed by atoms with E-state index in [4.69, 9.17) is 28.4 Å². The van der Waals surface area contributed by atoms with Gasteiger partial charge in [-0.25, -0.2) is 0 Å². The van der Waals surface area contributed by atoms with E-state index in [9.17, 15) is 24.0 Å². The maximum absolute atomic E-state index is 13.5. The largest absolute Gasteiger partial charge is 0.379 e. The molecule has 80 heavy (non-hydrogen) atoms. The molecule has 2 rings (SSSR count). The Hall–Kier alpha value is -5.29. The molecule has 15 nitrogen and oxygen atoms in total. The second kappa shape index (κ2) is 41.7. The van der Waals surface area contributed by atoms with Gasteiger partial charge < -0.3 is 49.7 Å². The van der Waals surface area contributed by atoms with Gasteiger partial charge in [-0.15, -0.1) is 0 Å². The summed E-state index contributed by atoms with van der Waals surface area (Å²) in [5.74, 6) is -0.939. The highest BCUT2D eigenvalue weighted by Crippen LogP contribution is 2.42. The number of carbonyl (C=O) groups excluding carboxylic acids is 5. The van der Waals surface area contributed by atoms with Crippen molar-refractivity contribution in [2.75, 3.05) is 98.9 Å². The molecule has 0 radical (unpaired) electrons. The molecule has 448 valence electrons. The Morgan fingerprint density at radius 3 is 1.41 bits per heavy atom. The van der Waals surface area contributed by atoms with E-state index in [0.717, 1.165) is 35.1 Å². The SMILES string of the molecule is CC(=O)CCOCCOCCOCCOCCC(=O)NCCOCCOCCNC(=O)[C@H](CCCCNC(=O)/C=C(C)/C=C/C=C(C)/C=C/C1=C(C)CCCC1(C)C)NC(=O)/C=C(C)/C=C/C=C(C)/C=C/C1=C(C)CCCC1(C)C. The first kappa shape index (κ1) is 70.8. The third-order valence-corrected chi connectivity index (χ3v) is 13.8. The molecule has 0 spiro atoms. The molecule has 0 fully saturated rings. The van der Waals surface area contributed by atoms with Crippen LogP contribution in [0.1, 0.15) is 147 Å². The minimum absolute atomic E-state index is 0.0993. The summed E-state index contributed by atoms with van der Waals surface area (Å²) in [5.41, 5.74) is 9.91. The molecule has 4 N–H and O–H groups in total. The average Bonchev–Trinajstić information content (AvgIpc) is 3.44. The molecule has 0 aromatic carbocycles. The quantitative estimate of drug-likeness (QED) is 0.0259. The van der Waals surface area contributed by atoms with E-state index in [0.29, 0.717) is 105 Å². The molecule has 0 unspecified atom stereocenters. The average molecular weight is 1120 g/mol. The van der Waals surface area contributed by atoms with E-state index in [1.807, 2.05) is 50.3 Å². The predicted octanol–water partition coefficient (Wildman–Crippen LogP) is 10.5. The zero-order valence-electron chi connectivity index (χ0n) is 50.9. The number of carbonyl (C=O) groups is 5. The topological polar surface area (TPSA) is 189 Å². The molecule has 0 bridgehead atoms. The predicted molar refractivity (Wildman–Crippen MR) is 322 cm³/mol. The minimum atomic E-state index is -0.799. The van der Waals surface area contributed by atoms with Crippen molar-refractivity contribution in [1.29, 1.82) is 0 Å². The lowest BCUT2D eigenvalue weighted by molar-refractivity contribution is -0.127. The Labute approximate surface area is 481 Å². The third-order valence-electron chi connectivity index (χ3n) is 13.8. The van der Waals surface area contributed by atoms with Crippen molar-refractivity contribution in [1.82, 2.24) is 21.3 Å². The molecular weight excluding hydrogens is 1010 g/mol. The van der Waals surface area contributed by atoms with Crippen LogP contribution in [0.15, 0.2) is 117 Å². The fraction of sp³-hybridized carbons (Fsp3) is 0.615. The Morgan fingerprint density at radius 1 is 0.500 bits per heavy atom. The van der Waals surface area contributed by atoms with Gasteiger partial charge in [-0.2, -0.15) is 0 Å². The lowest BCUT2D eigenvalue weighted by atomic mass is 9.72. The summed E-state index contributed by atoms with van der Waals surface area (Å²) in [5, 5.41) is 11.5. The van der Waals surface area contributed by atoms with Crippen molar-refractivity contribution in [3.8, 4) is 0 Å². The van der Waals surface area contributed by atoms with Gasteiger partial charge in [0.05, 0.1) is 79.3 Å². The fourth-order valence-electron chi connectivity index (χ4n) is 9.18. The van der Waals surface area contributed by atoms with Gasteiger partial charge in [0.15, 0.2) is 0 Å². The molecule has 4 amide bonds. The van der Waals surface area contributed by atoms with Gasteiger partial charge in [-0.05, 0) is 139 Å². The van der Waals surface area contributed by atoms with E-state index in [1.54, 1.807) is 6.08 Å². The monoisotopic (exact) mass is 1110 g/mol. The van der Waals surface area contributed by atoms with Crippen molar-refractivity contribution in [3.63, 3.8) is 0 Å². The van der Waals surface area contributed by atoms with Gasteiger partial charge in [-0.3, -0.25) is 24.0 Å². The number of unbranched alkanes of at least 4 members (excludes halogenated alkanes) is 1. The molecule has 2 aliphatic carbocycles. The van der Waals surface area contributed by atoms with Crippen LogP contribution in [0.5, 0.6) is 0 Å². The molecule has 0 saturated heterocycles. The van der Waals surface area contributed by atoms with Gasteiger partial charge in [-0.1, -0.05) is 111 Å². The number of Topliss-reactive ketones (excluding diaryl/α,β-unsaturated/α-hetero) is 1. The van der Waals surface area contributed by atoms with Crippen LogP contribution in [0.2, 0.25) is 0 Å². The first-order valence-electron chi connectivity index (χ1n) is 29.1. The second-order valence-corrected chi connectivity index (χ2v) is 22.2. The van der Waals surface area contributed by atoms with Crippen LogP contribution >= 0.6 is 0 Å². The highest BCUT2D eigenvalue weighted by molar-refractivity contribution is 5.93. The molecule has 0 aromatic rings. The molecular formula is C65H102N4O11. The van der Waals surface area contributed by atoms with Crippen LogP contribution in [0.4, 0.5) is 0 Å². The molecule has 0 saturated carbocycles. The summed E-state index contributed by atoms with van der Waals surface area (Å²) in [6, 6.07) is -0.799. The van der Waals surface area contributed by atoms with E-state index in [2.05, 4.69) is 101 Å². The summed E-state index contributed by atoms with van der Waals surface area (Å²) in [7, 11) is 0. The Kier molecular flexibility index (Phi) is 36.9. The van der Waals surface area contributed by atoms with Crippen molar-refractivity contribution in [2.45, 2.75) is 153 Å². The Bertz CT molecular complexity index is 2240. The maximum Gasteiger partial charge on any atom is 0.244 e. The van der Waals surface area contributed by atoms with Gasteiger partial charge >= 0.3 is 0 Å². The van der Waals surface area contributed by atoms with Gasteiger partial charge in [0, 0.05) is 44.6 Å². The number of hydrogen-bond acceptors (Lipinski definition) is 11.